The number of hydrogen-bond acceptors (Lipinski definition) is 5. The molecule has 0 amide bonds. The van der Waals surface area contributed by atoms with Gasteiger partial charge in [0.15, 0.2) is 0 Å². The Morgan fingerprint density at radius 2 is 1.83 bits per heavy atom. The molecule has 1 aliphatic rings. The van der Waals surface area contributed by atoms with Crippen LogP contribution in [-0.2, 0) is 22.7 Å². The van der Waals surface area contributed by atoms with E-state index in [0.717, 1.165) is 16.4 Å². The molecule has 1 heterocycles. The van der Waals surface area contributed by atoms with Gasteiger partial charge in [0, 0.05) is 26.2 Å². The summed E-state index contributed by atoms with van der Waals surface area (Å²) in [5.41, 5.74) is -2.20. The SMILES string of the molecule is O=S(=O)(c1ccccc1)N1CC[C@H](O)[C@@](O)(CNCc2cccc(C(F)(F)F)c2)C1. The minimum absolute atomic E-state index is 0.0182. The van der Waals surface area contributed by atoms with Crippen molar-refractivity contribution in [3.05, 3.63) is 65.7 Å². The van der Waals surface area contributed by atoms with Crippen molar-refractivity contribution in [3.63, 3.8) is 0 Å². The molecule has 3 rings (SSSR count). The highest BCUT2D eigenvalue weighted by atomic mass is 32.2. The van der Waals surface area contributed by atoms with Crippen LogP contribution in [0.4, 0.5) is 13.2 Å². The Morgan fingerprint density at radius 3 is 2.50 bits per heavy atom. The molecule has 2 aromatic carbocycles. The number of halogens is 3. The van der Waals surface area contributed by atoms with Crippen molar-refractivity contribution in [2.45, 2.75) is 35.7 Å². The molecule has 0 aliphatic carbocycles. The van der Waals surface area contributed by atoms with Crippen LogP contribution in [0.5, 0.6) is 0 Å². The number of nitrogens with one attached hydrogen (secondary N) is 1. The average Bonchev–Trinajstić information content (AvgIpc) is 2.70. The van der Waals surface area contributed by atoms with Crippen LogP contribution in [0.3, 0.4) is 0 Å². The van der Waals surface area contributed by atoms with E-state index >= 15 is 0 Å². The summed E-state index contributed by atoms with van der Waals surface area (Å²) < 4.78 is 65.2. The smallest absolute Gasteiger partial charge is 0.390 e. The van der Waals surface area contributed by atoms with E-state index in [4.69, 9.17) is 0 Å². The van der Waals surface area contributed by atoms with Crippen molar-refractivity contribution >= 4 is 10.0 Å². The van der Waals surface area contributed by atoms with E-state index < -0.39 is 33.5 Å². The zero-order valence-electron chi connectivity index (χ0n) is 16.0. The Bertz CT molecular complexity index is 970. The Morgan fingerprint density at radius 1 is 1.13 bits per heavy atom. The fourth-order valence-electron chi connectivity index (χ4n) is 3.43. The standard InChI is InChI=1S/C20H23F3N2O4S/c21-20(22,23)16-6-4-5-15(11-16)12-24-13-19(27)14-25(10-9-18(19)26)30(28,29)17-7-2-1-3-8-17/h1-8,11,18,24,26-27H,9-10,12-14H2/t18-,19+/m0/s1. The molecule has 3 N–H and O–H groups in total. The highest BCUT2D eigenvalue weighted by Crippen LogP contribution is 2.30. The van der Waals surface area contributed by atoms with Gasteiger partial charge in [-0.1, -0.05) is 36.4 Å². The average molecular weight is 444 g/mol. The number of aliphatic hydroxyl groups is 2. The summed E-state index contributed by atoms with van der Waals surface area (Å²) in [7, 11) is -3.85. The largest absolute Gasteiger partial charge is 0.416 e. The number of rotatable bonds is 6. The van der Waals surface area contributed by atoms with Gasteiger partial charge in [-0.15, -0.1) is 0 Å². The third-order valence-electron chi connectivity index (χ3n) is 5.12. The van der Waals surface area contributed by atoms with E-state index in [0.29, 0.717) is 5.56 Å². The maximum Gasteiger partial charge on any atom is 0.416 e. The number of hydrogen-bond donors (Lipinski definition) is 3. The number of nitrogens with zero attached hydrogens (tertiary/aromatic N) is 1. The van der Waals surface area contributed by atoms with Gasteiger partial charge in [0.25, 0.3) is 0 Å². The topological polar surface area (TPSA) is 89.9 Å². The quantitative estimate of drug-likeness (QED) is 0.634. The van der Waals surface area contributed by atoms with Gasteiger partial charge in [0.05, 0.1) is 16.6 Å². The van der Waals surface area contributed by atoms with Crippen LogP contribution in [-0.4, -0.2) is 54.3 Å². The molecule has 2 atom stereocenters. The van der Waals surface area contributed by atoms with Gasteiger partial charge >= 0.3 is 6.18 Å². The fraction of sp³-hybridized carbons (Fsp3) is 0.400. The normalized spacial score (nSPS) is 23.4. The van der Waals surface area contributed by atoms with Crippen LogP contribution in [0.1, 0.15) is 17.5 Å². The molecule has 1 fully saturated rings. The Hall–Kier alpha value is -1.98. The number of β-amino-alcohol motifs (C(OH)–C–C–N with tert-alkyl or cyclic N) is 1. The van der Waals surface area contributed by atoms with Crippen LogP contribution >= 0.6 is 0 Å². The monoisotopic (exact) mass is 444 g/mol. The molecule has 1 saturated heterocycles. The van der Waals surface area contributed by atoms with Crippen LogP contribution in [0.15, 0.2) is 59.5 Å². The van der Waals surface area contributed by atoms with E-state index in [1.807, 2.05) is 0 Å². The second-order valence-corrected chi connectivity index (χ2v) is 9.30. The summed E-state index contributed by atoms with van der Waals surface area (Å²) >= 11 is 0. The maximum atomic E-state index is 12.8. The molecule has 0 bridgehead atoms. The van der Waals surface area contributed by atoms with Crippen molar-refractivity contribution in [2.24, 2.45) is 0 Å². The predicted octanol–water partition coefficient (Wildman–Crippen LogP) is 1.98. The molecule has 1 aliphatic heterocycles. The number of aliphatic hydroxyl groups excluding tert-OH is 1. The Balaban J connectivity index is 1.68. The molecule has 0 unspecified atom stereocenters. The summed E-state index contributed by atoms with van der Waals surface area (Å²) in [6.07, 6.45) is -5.60. The van der Waals surface area contributed by atoms with Crippen LogP contribution in [0.25, 0.3) is 0 Å². The first-order chi connectivity index (χ1) is 14.0. The van der Waals surface area contributed by atoms with Gasteiger partial charge in [0.2, 0.25) is 10.0 Å². The lowest BCUT2D eigenvalue weighted by Crippen LogP contribution is -2.62. The van der Waals surface area contributed by atoms with Gasteiger partial charge in [-0.3, -0.25) is 0 Å². The lowest BCUT2D eigenvalue weighted by atomic mass is 9.90. The number of alkyl halides is 3. The zero-order chi connectivity index (χ0) is 22.0. The second-order valence-electron chi connectivity index (χ2n) is 7.36. The summed E-state index contributed by atoms with van der Waals surface area (Å²) in [5, 5.41) is 24.0. The predicted molar refractivity (Wildman–Crippen MR) is 104 cm³/mol. The third kappa shape index (κ3) is 5.01. The van der Waals surface area contributed by atoms with Gasteiger partial charge in [-0.25, -0.2) is 8.42 Å². The third-order valence-corrected chi connectivity index (χ3v) is 6.98. The number of sulfonamides is 1. The van der Waals surface area contributed by atoms with Crippen LogP contribution in [0, 0.1) is 0 Å². The molecule has 0 aromatic heterocycles. The first-order valence-corrected chi connectivity index (χ1v) is 10.8. The Labute approximate surface area is 173 Å². The minimum atomic E-state index is -4.46. The van der Waals surface area contributed by atoms with Gasteiger partial charge in [0.1, 0.15) is 5.60 Å². The molecule has 164 valence electrons. The Kier molecular flexibility index (Phi) is 6.54. The maximum absolute atomic E-state index is 12.8. The molecule has 0 saturated carbocycles. The molecular formula is C20H23F3N2O4S. The molecular weight excluding hydrogens is 421 g/mol. The zero-order valence-corrected chi connectivity index (χ0v) is 16.8. The molecule has 10 heteroatoms. The van der Waals surface area contributed by atoms with Crippen molar-refractivity contribution in [1.82, 2.24) is 9.62 Å². The van der Waals surface area contributed by atoms with E-state index in [-0.39, 0.29) is 37.5 Å². The first-order valence-electron chi connectivity index (χ1n) is 9.35. The molecule has 0 spiro atoms. The first kappa shape index (κ1) is 22.7. The number of piperidine rings is 1. The van der Waals surface area contributed by atoms with Crippen molar-refractivity contribution < 1.29 is 31.8 Å². The van der Waals surface area contributed by atoms with Crippen molar-refractivity contribution in [2.75, 3.05) is 19.6 Å². The highest BCUT2D eigenvalue weighted by Gasteiger charge is 2.44. The molecule has 6 nitrogen and oxygen atoms in total. The van der Waals surface area contributed by atoms with Crippen LogP contribution in [0.2, 0.25) is 0 Å². The summed E-state index contributed by atoms with van der Waals surface area (Å²) in [4.78, 5) is 0.0839. The van der Waals surface area contributed by atoms with Crippen molar-refractivity contribution in [3.8, 4) is 0 Å². The van der Waals surface area contributed by atoms with Crippen LogP contribution < -0.4 is 5.32 Å². The lowest BCUT2D eigenvalue weighted by molar-refractivity contribution is -0.137. The van der Waals surface area contributed by atoms with E-state index in [9.17, 15) is 31.8 Å². The lowest BCUT2D eigenvalue weighted by Gasteiger charge is -2.42. The minimum Gasteiger partial charge on any atom is -0.390 e. The van der Waals surface area contributed by atoms with Gasteiger partial charge in [-0.05, 0) is 30.2 Å². The molecule has 0 radical (unpaired) electrons. The van der Waals surface area contributed by atoms with Gasteiger partial charge in [-0.2, -0.15) is 17.5 Å². The summed E-state index contributed by atoms with van der Waals surface area (Å²) in [6.45, 7) is -0.453. The molecule has 2 aromatic rings. The molecule has 30 heavy (non-hydrogen) atoms. The summed E-state index contributed by atoms with van der Waals surface area (Å²) in [6, 6.07) is 12.5. The number of benzene rings is 2. The van der Waals surface area contributed by atoms with E-state index in [2.05, 4.69) is 5.32 Å². The van der Waals surface area contributed by atoms with E-state index in [1.165, 1.54) is 24.3 Å². The van der Waals surface area contributed by atoms with Crippen molar-refractivity contribution in [1.29, 1.82) is 0 Å². The highest BCUT2D eigenvalue weighted by molar-refractivity contribution is 7.89. The fourth-order valence-corrected chi connectivity index (χ4v) is 4.96. The van der Waals surface area contributed by atoms with Gasteiger partial charge < -0.3 is 15.5 Å². The summed E-state index contributed by atoms with van der Waals surface area (Å²) in [5.74, 6) is 0. The second kappa shape index (κ2) is 8.64. The van der Waals surface area contributed by atoms with E-state index in [1.54, 1.807) is 18.2 Å².